The van der Waals surface area contributed by atoms with Crippen LogP contribution in [0.4, 0.5) is 4.39 Å². The molecule has 2 rings (SSSR count). The van der Waals surface area contributed by atoms with Crippen molar-refractivity contribution in [3.63, 3.8) is 0 Å². The van der Waals surface area contributed by atoms with E-state index in [1.807, 2.05) is 5.38 Å². The van der Waals surface area contributed by atoms with Crippen LogP contribution in [0.1, 0.15) is 18.1 Å². The van der Waals surface area contributed by atoms with Crippen molar-refractivity contribution >= 4 is 44.9 Å². The zero-order chi connectivity index (χ0) is 17.0. The zero-order valence-corrected chi connectivity index (χ0v) is 14.1. The van der Waals surface area contributed by atoms with Crippen LogP contribution in [-0.2, 0) is 17.2 Å². The molecule has 0 amide bonds. The van der Waals surface area contributed by atoms with Gasteiger partial charge in [-0.15, -0.1) is 22.9 Å². The summed E-state index contributed by atoms with van der Waals surface area (Å²) in [6.07, 6.45) is 6.88. The quantitative estimate of drug-likeness (QED) is 0.438. The lowest BCUT2D eigenvalue weighted by Gasteiger charge is -2.07. The average Bonchev–Trinajstić information content (AvgIpc) is 2.96. The first-order valence-electron chi connectivity index (χ1n) is 6.85. The molecule has 0 saturated carbocycles. The fourth-order valence-electron chi connectivity index (χ4n) is 2.30. The van der Waals surface area contributed by atoms with Gasteiger partial charge in [-0.05, 0) is 18.6 Å². The van der Waals surface area contributed by atoms with Gasteiger partial charge in [-0.2, -0.15) is 0 Å². The van der Waals surface area contributed by atoms with E-state index < -0.39 is 5.83 Å². The highest BCUT2D eigenvalue weighted by Crippen LogP contribution is 2.32. The summed E-state index contributed by atoms with van der Waals surface area (Å²) in [7, 11) is 0. The number of rotatable bonds is 6. The summed E-state index contributed by atoms with van der Waals surface area (Å²) in [5, 5.41) is 2.34. The first-order valence-corrected chi connectivity index (χ1v) is 8.27. The summed E-state index contributed by atoms with van der Waals surface area (Å²) in [5.74, 6) is -0.332. The van der Waals surface area contributed by atoms with Crippen LogP contribution in [0.2, 0.25) is 0 Å². The Bertz CT molecular complexity index is 877. The van der Waals surface area contributed by atoms with E-state index >= 15 is 0 Å². The van der Waals surface area contributed by atoms with Gasteiger partial charge in [0.05, 0.1) is 17.8 Å². The van der Waals surface area contributed by atoms with Crippen molar-refractivity contribution in [2.45, 2.75) is 19.3 Å². The molecule has 2 heterocycles. The van der Waals surface area contributed by atoms with Crippen LogP contribution in [0.25, 0.3) is 15.7 Å². The summed E-state index contributed by atoms with van der Waals surface area (Å²) in [6, 6.07) is 0. The van der Waals surface area contributed by atoms with Gasteiger partial charge in [-0.1, -0.05) is 18.7 Å². The normalized spacial score (nSPS) is 12.2. The van der Waals surface area contributed by atoms with Crippen LogP contribution in [-0.4, -0.2) is 10.9 Å². The van der Waals surface area contributed by atoms with Gasteiger partial charge in [-0.25, -0.2) is 4.39 Å². The highest BCUT2D eigenvalue weighted by atomic mass is 35.5. The van der Waals surface area contributed by atoms with Crippen LogP contribution in [0, 0.1) is 0 Å². The SMILES string of the molecule is C=C(F)/C=C\C(=C/C)c1csc2c(CCl)cn(CC=O)c(=O)c12. The van der Waals surface area contributed by atoms with Crippen molar-refractivity contribution in [1.82, 2.24) is 4.57 Å². The predicted octanol–water partition coefficient (Wildman–Crippen LogP) is 4.44. The fourth-order valence-corrected chi connectivity index (χ4v) is 3.66. The predicted molar refractivity (Wildman–Crippen MR) is 94.7 cm³/mol. The molecule has 23 heavy (non-hydrogen) atoms. The molecule has 0 N–H and O–H groups in total. The summed E-state index contributed by atoms with van der Waals surface area (Å²) in [5.41, 5.74) is 1.93. The van der Waals surface area contributed by atoms with Gasteiger partial charge in [0.15, 0.2) is 0 Å². The van der Waals surface area contributed by atoms with Crippen LogP contribution >= 0.6 is 22.9 Å². The van der Waals surface area contributed by atoms with Crippen LogP contribution < -0.4 is 5.56 Å². The summed E-state index contributed by atoms with van der Waals surface area (Å²) < 4.78 is 15.0. The van der Waals surface area contributed by atoms with E-state index in [2.05, 4.69) is 6.58 Å². The fraction of sp³-hybridized carbons (Fsp3) is 0.176. The lowest BCUT2D eigenvalue weighted by atomic mass is 10.0. The molecule has 3 nitrogen and oxygen atoms in total. The van der Waals surface area contributed by atoms with Crippen LogP contribution in [0.5, 0.6) is 0 Å². The number of nitrogens with zero attached hydrogens (tertiary/aromatic N) is 1. The summed E-state index contributed by atoms with van der Waals surface area (Å²) >= 11 is 7.38. The number of hydrogen-bond acceptors (Lipinski definition) is 3. The molecule has 2 aromatic heterocycles. The number of pyridine rings is 1. The molecule has 0 bridgehead atoms. The molecule has 2 aromatic rings. The first-order chi connectivity index (χ1) is 11.0. The lowest BCUT2D eigenvalue weighted by Crippen LogP contribution is -2.21. The van der Waals surface area contributed by atoms with Gasteiger partial charge in [0, 0.05) is 27.4 Å². The molecule has 6 heteroatoms. The van der Waals surface area contributed by atoms with Crippen molar-refractivity contribution < 1.29 is 9.18 Å². The minimum absolute atomic E-state index is 0.0315. The topological polar surface area (TPSA) is 39.1 Å². The Morgan fingerprint density at radius 2 is 2.22 bits per heavy atom. The number of fused-ring (bicyclic) bond motifs is 1. The monoisotopic (exact) mass is 351 g/mol. The van der Waals surface area contributed by atoms with E-state index in [9.17, 15) is 14.0 Å². The molecule has 0 aliphatic rings. The second kappa shape index (κ2) is 7.53. The average molecular weight is 352 g/mol. The van der Waals surface area contributed by atoms with E-state index in [0.29, 0.717) is 22.8 Å². The number of aldehydes is 1. The Balaban J connectivity index is 2.76. The minimum atomic E-state index is -0.566. The molecule has 0 fully saturated rings. The summed E-state index contributed by atoms with van der Waals surface area (Å²) in [6.45, 7) is 4.96. The zero-order valence-electron chi connectivity index (χ0n) is 12.5. The Hall–Kier alpha value is -1.98. The third kappa shape index (κ3) is 3.51. The molecule has 0 saturated heterocycles. The second-order valence-corrected chi connectivity index (χ2v) is 5.94. The molecule has 120 valence electrons. The van der Waals surface area contributed by atoms with Gasteiger partial charge < -0.3 is 9.36 Å². The number of carbonyl (C=O) groups is 1. The van der Waals surface area contributed by atoms with E-state index in [0.717, 1.165) is 10.3 Å². The van der Waals surface area contributed by atoms with Crippen molar-refractivity contribution in [2.75, 3.05) is 0 Å². The van der Waals surface area contributed by atoms with Gasteiger partial charge >= 0.3 is 0 Å². The molecule has 0 aliphatic heterocycles. The lowest BCUT2D eigenvalue weighted by molar-refractivity contribution is -0.108. The van der Waals surface area contributed by atoms with Gasteiger partial charge in [0.25, 0.3) is 5.56 Å². The van der Waals surface area contributed by atoms with Gasteiger partial charge in [-0.3, -0.25) is 4.79 Å². The molecule has 0 aromatic carbocycles. The molecule has 0 aliphatic carbocycles. The Morgan fingerprint density at radius 1 is 1.48 bits per heavy atom. The summed E-state index contributed by atoms with van der Waals surface area (Å²) in [4.78, 5) is 23.4. The second-order valence-electron chi connectivity index (χ2n) is 4.79. The number of halogens is 2. The number of allylic oxidation sites excluding steroid dienone is 5. The molecule has 0 radical (unpaired) electrons. The van der Waals surface area contributed by atoms with E-state index in [1.165, 1.54) is 22.0 Å². The third-order valence-corrected chi connectivity index (χ3v) is 4.69. The van der Waals surface area contributed by atoms with E-state index in [4.69, 9.17) is 11.6 Å². The number of aromatic nitrogens is 1. The van der Waals surface area contributed by atoms with Gasteiger partial charge in [0.2, 0.25) is 0 Å². The minimum Gasteiger partial charge on any atom is -0.307 e. The first kappa shape index (κ1) is 17.4. The highest BCUT2D eigenvalue weighted by molar-refractivity contribution is 7.17. The Labute approximate surface area is 142 Å². The van der Waals surface area contributed by atoms with Crippen molar-refractivity contribution in [3.8, 4) is 0 Å². The Morgan fingerprint density at radius 3 is 2.78 bits per heavy atom. The molecular formula is C17H15ClFNO2S. The number of carbonyl (C=O) groups excluding carboxylic acids is 1. The number of alkyl halides is 1. The Kier molecular flexibility index (Phi) is 5.69. The number of hydrogen-bond donors (Lipinski definition) is 0. The standard InChI is InChI=1S/C17H15ClFNO2S/c1-3-12(5-4-11(2)19)14-10-23-16-13(8-18)9-20(6-7-21)17(22)15(14)16/h3-5,7,9-10H,2,6,8H2,1H3/b5-4-,12-3+. The maximum Gasteiger partial charge on any atom is 0.260 e. The largest absolute Gasteiger partial charge is 0.307 e. The van der Waals surface area contributed by atoms with Gasteiger partial charge in [0.1, 0.15) is 12.1 Å². The van der Waals surface area contributed by atoms with E-state index in [1.54, 1.807) is 25.3 Å². The third-order valence-electron chi connectivity index (χ3n) is 3.35. The van der Waals surface area contributed by atoms with Crippen molar-refractivity contribution in [1.29, 1.82) is 0 Å². The highest BCUT2D eigenvalue weighted by Gasteiger charge is 2.15. The van der Waals surface area contributed by atoms with Crippen LogP contribution in [0.3, 0.4) is 0 Å². The molecule has 0 spiro atoms. The number of thiophene rings is 1. The maximum atomic E-state index is 12.9. The molecular weight excluding hydrogens is 337 g/mol. The molecule has 0 atom stereocenters. The van der Waals surface area contributed by atoms with Crippen LogP contribution in [0.15, 0.2) is 47.0 Å². The smallest absolute Gasteiger partial charge is 0.260 e. The maximum absolute atomic E-state index is 12.9. The van der Waals surface area contributed by atoms with E-state index in [-0.39, 0.29) is 18.0 Å². The molecule has 0 unspecified atom stereocenters. The van der Waals surface area contributed by atoms with Crippen molar-refractivity contribution in [3.05, 3.63) is 63.7 Å². The van der Waals surface area contributed by atoms with Crippen molar-refractivity contribution in [2.24, 2.45) is 0 Å².